The third kappa shape index (κ3) is 2.78. The summed E-state index contributed by atoms with van der Waals surface area (Å²) in [6, 6.07) is 14.3. The van der Waals surface area contributed by atoms with Crippen molar-refractivity contribution in [3.63, 3.8) is 0 Å². The van der Waals surface area contributed by atoms with Gasteiger partial charge >= 0.3 is 0 Å². The molecule has 2 N–H and O–H groups in total. The molecule has 0 bridgehead atoms. The van der Waals surface area contributed by atoms with Gasteiger partial charge in [0.05, 0.1) is 11.8 Å². The van der Waals surface area contributed by atoms with E-state index in [0.717, 1.165) is 10.9 Å². The van der Waals surface area contributed by atoms with Gasteiger partial charge in [0.25, 0.3) is 5.91 Å². The van der Waals surface area contributed by atoms with Gasteiger partial charge in [-0.15, -0.1) is 0 Å². The number of hydrogen-bond acceptors (Lipinski definition) is 4. The number of phenolic OH excluding ortho intramolecular Hbond substituents is 1. The standard InChI is InChI=1S/C17H13N3O2/c21-16-14-6-2-1-5-13(14)7-8-15(16)17(22)20-19-11-12-4-3-9-18-10-12/h1-11,21H,(H,20,22)/b19-11-. The number of hydrogen-bond donors (Lipinski definition) is 2. The topological polar surface area (TPSA) is 74.6 Å². The lowest BCUT2D eigenvalue weighted by atomic mass is 10.1. The first kappa shape index (κ1) is 13.8. The third-order valence-electron chi connectivity index (χ3n) is 3.21. The molecule has 5 nitrogen and oxygen atoms in total. The second-order valence-electron chi connectivity index (χ2n) is 4.67. The quantitative estimate of drug-likeness (QED) is 0.575. The van der Waals surface area contributed by atoms with Gasteiger partial charge in [-0.05, 0) is 17.5 Å². The van der Waals surface area contributed by atoms with Crippen LogP contribution >= 0.6 is 0 Å². The van der Waals surface area contributed by atoms with Gasteiger partial charge < -0.3 is 5.11 Å². The van der Waals surface area contributed by atoms with Crippen LogP contribution in [0.3, 0.4) is 0 Å². The van der Waals surface area contributed by atoms with Crippen LogP contribution in [-0.2, 0) is 0 Å². The SMILES string of the molecule is O=C(N/N=C\c1cccnc1)c1ccc2ccccc2c1O. The lowest BCUT2D eigenvalue weighted by Gasteiger charge is -2.06. The average Bonchev–Trinajstić information content (AvgIpc) is 2.56. The van der Waals surface area contributed by atoms with Gasteiger partial charge in [0, 0.05) is 23.3 Å². The largest absolute Gasteiger partial charge is 0.506 e. The number of carbonyl (C=O) groups is 1. The molecule has 0 aliphatic heterocycles. The van der Waals surface area contributed by atoms with Crippen LogP contribution < -0.4 is 5.43 Å². The van der Waals surface area contributed by atoms with E-state index in [1.54, 1.807) is 36.7 Å². The first-order chi connectivity index (χ1) is 10.8. The maximum absolute atomic E-state index is 12.1. The summed E-state index contributed by atoms with van der Waals surface area (Å²) in [6.07, 6.45) is 4.77. The summed E-state index contributed by atoms with van der Waals surface area (Å²) in [5.74, 6) is -0.518. The fourth-order valence-electron chi connectivity index (χ4n) is 2.12. The van der Waals surface area contributed by atoms with Crippen molar-refractivity contribution in [2.75, 3.05) is 0 Å². The van der Waals surface area contributed by atoms with Crippen molar-refractivity contribution < 1.29 is 9.90 Å². The number of phenols is 1. The van der Waals surface area contributed by atoms with E-state index in [1.165, 1.54) is 6.21 Å². The molecule has 3 aromatic rings. The molecule has 2 aromatic carbocycles. The van der Waals surface area contributed by atoms with E-state index in [4.69, 9.17) is 0 Å². The summed E-state index contributed by atoms with van der Waals surface area (Å²) in [4.78, 5) is 16.0. The fourth-order valence-corrected chi connectivity index (χ4v) is 2.12. The molecule has 1 amide bonds. The molecule has 0 saturated heterocycles. The Bertz CT molecular complexity index is 845. The number of hydrazone groups is 1. The number of pyridine rings is 1. The Morgan fingerprint density at radius 1 is 1.14 bits per heavy atom. The molecule has 0 spiro atoms. The van der Waals surface area contributed by atoms with Crippen molar-refractivity contribution >= 4 is 22.9 Å². The molecule has 1 heterocycles. The molecule has 3 rings (SSSR count). The average molecular weight is 291 g/mol. The van der Waals surface area contributed by atoms with Gasteiger partial charge in [0.1, 0.15) is 5.75 Å². The lowest BCUT2D eigenvalue weighted by molar-refractivity contribution is 0.0952. The molecule has 0 saturated carbocycles. The van der Waals surface area contributed by atoms with Crippen LogP contribution in [0.15, 0.2) is 66.0 Å². The molecule has 0 aliphatic rings. The van der Waals surface area contributed by atoms with E-state index >= 15 is 0 Å². The van der Waals surface area contributed by atoms with Crippen LogP contribution in [-0.4, -0.2) is 22.2 Å². The molecular weight excluding hydrogens is 278 g/mol. The van der Waals surface area contributed by atoms with Gasteiger partial charge in [-0.1, -0.05) is 36.4 Å². The van der Waals surface area contributed by atoms with Gasteiger partial charge in [-0.3, -0.25) is 9.78 Å². The Morgan fingerprint density at radius 3 is 2.82 bits per heavy atom. The number of aromatic nitrogens is 1. The van der Waals surface area contributed by atoms with Gasteiger partial charge in [0.2, 0.25) is 0 Å². The molecule has 0 fully saturated rings. The predicted molar refractivity (Wildman–Crippen MR) is 84.9 cm³/mol. The Labute approximate surface area is 126 Å². The van der Waals surface area contributed by atoms with Crippen LogP contribution in [0, 0.1) is 0 Å². The Morgan fingerprint density at radius 2 is 2.00 bits per heavy atom. The second-order valence-corrected chi connectivity index (χ2v) is 4.67. The second kappa shape index (κ2) is 6.05. The number of amides is 1. The minimum atomic E-state index is -0.469. The Hall–Kier alpha value is -3.21. The first-order valence-corrected chi connectivity index (χ1v) is 6.70. The zero-order chi connectivity index (χ0) is 15.4. The minimum absolute atomic E-state index is 0.0489. The normalized spacial score (nSPS) is 10.9. The zero-order valence-corrected chi connectivity index (χ0v) is 11.6. The van der Waals surface area contributed by atoms with E-state index < -0.39 is 5.91 Å². The zero-order valence-electron chi connectivity index (χ0n) is 11.6. The summed E-state index contributed by atoms with van der Waals surface area (Å²) >= 11 is 0. The van der Waals surface area contributed by atoms with E-state index in [-0.39, 0.29) is 11.3 Å². The summed E-state index contributed by atoms with van der Waals surface area (Å²) in [5, 5.41) is 15.6. The minimum Gasteiger partial charge on any atom is -0.506 e. The number of carbonyl (C=O) groups excluding carboxylic acids is 1. The van der Waals surface area contributed by atoms with Crippen LogP contribution in [0.25, 0.3) is 10.8 Å². The highest BCUT2D eigenvalue weighted by atomic mass is 16.3. The smallest absolute Gasteiger partial charge is 0.275 e. The summed E-state index contributed by atoms with van der Waals surface area (Å²) in [6.45, 7) is 0. The van der Waals surface area contributed by atoms with Crippen molar-refractivity contribution in [2.45, 2.75) is 0 Å². The van der Waals surface area contributed by atoms with Crippen LogP contribution in [0.1, 0.15) is 15.9 Å². The van der Waals surface area contributed by atoms with Crippen molar-refractivity contribution in [1.82, 2.24) is 10.4 Å². The Kier molecular flexibility index (Phi) is 3.78. The molecule has 22 heavy (non-hydrogen) atoms. The van der Waals surface area contributed by atoms with E-state index in [0.29, 0.717) is 5.39 Å². The number of aromatic hydroxyl groups is 1. The van der Waals surface area contributed by atoms with Crippen molar-refractivity contribution in [3.05, 3.63) is 72.1 Å². The maximum atomic E-state index is 12.1. The van der Waals surface area contributed by atoms with E-state index in [9.17, 15) is 9.90 Å². The highest BCUT2D eigenvalue weighted by Gasteiger charge is 2.12. The molecule has 0 radical (unpaired) electrons. The summed E-state index contributed by atoms with van der Waals surface area (Å²) in [7, 11) is 0. The number of fused-ring (bicyclic) bond motifs is 1. The van der Waals surface area contributed by atoms with Gasteiger partial charge in [0.15, 0.2) is 0 Å². The number of nitrogens with zero attached hydrogens (tertiary/aromatic N) is 2. The molecule has 1 aromatic heterocycles. The maximum Gasteiger partial charge on any atom is 0.275 e. The monoisotopic (exact) mass is 291 g/mol. The van der Waals surface area contributed by atoms with E-state index in [2.05, 4.69) is 15.5 Å². The Balaban J connectivity index is 1.81. The highest BCUT2D eigenvalue weighted by molar-refractivity contribution is 6.03. The molecule has 108 valence electrons. The molecule has 5 heteroatoms. The van der Waals surface area contributed by atoms with Crippen LogP contribution in [0.5, 0.6) is 5.75 Å². The van der Waals surface area contributed by atoms with Crippen molar-refractivity contribution in [3.8, 4) is 5.75 Å². The fraction of sp³-hybridized carbons (Fsp3) is 0. The molecular formula is C17H13N3O2. The molecule has 0 aliphatic carbocycles. The number of rotatable bonds is 3. The predicted octanol–water partition coefficient (Wildman–Crippen LogP) is 2.70. The highest BCUT2D eigenvalue weighted by Crippen LogP contribution is 2.28. The van der Waals surface area contributed by atoms with Crippen molar-refractivity contribution in [1.29, 1.82) is 0 Å². The lowest BCUT2D eigenvalue weighted by Crippen LogP contribution is -2.17. The number of nitrogens with one attached hydrogen (secondary N) is 1. The van der Waals surface area contributed by atoms with Gasteiger partial charge in [-0.2, -0.15) is 5.10 Å². The first-order valence-electron chi connectivity index (χ1n) is 6.70. The van der Waals surface area contributed by atoms with Crippen LogP contribution in [0.2, 0.25) is 0 Å². The van der Waals surface area contributed by atoms with Crippen molar-refractivity contribution in [2.24, 2.45) is 5.10 Å². The van der Waals surface area contributed by atoms with E-state index in [1.807, 2.05) is 24.3 Å². The molecule has 0 unspecified atom stereocenters. The summed E-state index contributed by atoms with van der Waals surface area (Å²) in [5.41, 5.74) is 3.35. The van der Waals surface area contributed by atoms with Crippen LogP contribution in [0.4, 0.5) is 0 Å². The molecule has 0 atom stereocenters. The third-order valence-corrected chi connectivity index (χ3v) is 3.21. The summed E-state index contributed by atoms with van der Waals surface area (Å²) < 4.78 is 0. The number of benzene rings is 2. The van der Waals surface area contributed by atoms with Gasteiger partial charge in [-0.25, -0.2) is 5.43 Å².